The highest BCUT2D eigenvalue weighted by Gasteiger charge is 2.34. The molecular weight excluding hydrogens is 266 g/mol. The zero-order valence-corrected chi connectivity index (χ0v) is 11.6. The Bertz CT molecular complexity index is 527. The molecule has 9 heteroatoms. The van der Waals surface area contributed by atoms with E-state index in [1.165, 1.54) is 11.0 Å². The number of carbonyl (C=O) groups excluding carboxylic acids is 1. The van der Waals surface area contributed by atoms with Gasteiger partial charge in [0.2, 0.25) is 12.2 Å². The molecule has 2 rings (SSSR count). The number of aromatic nitrogens is 3. The smallest absolute Gasteiger partial charge is 0.390 e. The lowest BCUT2D eigenvalue weighted by Gasteiger charge is -2.41. The number of nitro groups is 1. The van der Waals surface area contributed by atoms with Crippen LogP contribution in [0.3, 0.4) is 0 Å². The number of amides is 1. The first-order valence-electron chi connectivity index (χ1n) is 6.26. The summed E-state index contributed by atoms with van der Waals surface area (Å²) in [6.45, 7) is 6.66. The van der Waals surface area contributed by atoms with Gasteiger partial charge in [-0.3, -0.25) is 4.79 Å². The third-order valence-electron chi connectivity index (χ3n) is 2.91. The van der Waals surface area contributed by atoms with E-state index < -0.39 is 16.5 Å². The molecule has 20 heavy (non-hydrogen) atoms. The lowest BCUT2D eigenvalue weighted by molar-refractivity contribution is -0.394. The molecule has 1 unspecified atom stereocenters. The van der Waals surface area contributed by atoms with E-state index in [-0.39, 0.29) is 18.6 Å². The van der Waals surface area contributed by atoms with Crippen molar-refractivity contribution < 1.29 is 14.5 Å². The Balaban J connectivity index is 2.02. The highest BCUT2D eigenvalue weighted by atomic mass is 16.6. The van der Waals surface area contributed by atoms with Gasteiger partial charge >= 0.3 is 5.95 Å². The molecule has 1 fully saturated rings. The molecule has 110 valence electrons. The normalized spacial score (nSPS) is 21.8. The fourth-order valence-electron chi connectivity index (χ4n) is 2.33. The van der Waals surface area contributed by atoms with Crippen LogP contribution in [0.5, 0.6) is 0 Å². The number of carbonyl (C=O) groups is 1. The van der Waals surface area contributed by atoms with Crippen molar-refractivity contribution in [2.45, 2.75) is 39.0 Å². The van der Waals surface area contributed by atoms with Crippen molar-refractivity contribution in [1.29, 1.82) is 0 Å². The highest BCUT2D eigenvalue weighted by Crippen LogP contribution is 2.20. The number of rotatable bonds is 3. The molecule has 1 aromatic rings. The number of hydrogen-bond acceptors (Lipinski definition) is 6. The topological polar surface area (TPSA) is 103 Å². The first-order valence-corrected chi connectivity index (χ1v) is 6.26. The van der Waals surface area contributed by atoms with E-state index in [0.29, 0.717) is 13.1 Å². The Labute approximate surface area is 115 Å². The molecule has 0 N–H and O–H groups in total. The van der Waals surface area contributed by atoms with E-state index in [4.69, 9.17) is 4.74 Å². The zero-order chi connectivity index (χ0) is 14.9. The third kappa shape index (κ3) is 3.29. The largest absolute Gasteiger partial charge is 0.490 e. The molecule has 1 aliphatic heterocycles. The number of hydrogen-bond donors (Lipinski definition) is 0. The molecule has 0 bridgehead atoms. The lowest BCUT2D eigenvalue weighted by atomic mass is 10.1. The maximum absolute atomic E-state index is 12.2. The van der Waals surface area contributed by atoms with Crippen LogP contribution in [0.1, 0.15) is 20.8 Å². The lowest BCUT2D eigenvalue weighted by Crippen LogP contribution is -2.54. The monoisotopic (exact) mass is 283 g/mol. The van der Waals surface area contributed by atoms with Gasteiger partial charge in [-0.05, 0) is 25.7 Å². The van der Waals surface area contributed by atoms with Crippen LogP contribution in [-0.2, 0) is 16.1 Å². The van der Waals surface area contributed by atoms with Gasteiger partial charge in [-0.25, -0.2) is 0 Å². The summed E-state index contributed by atoms with van der Waals surface area (Å²) in [5, 5.41) is 14.1. The SMILES string of the molecule is CC1CN(C(=O)Cn2cnc([N+](=O)[O-])n2)CC(C)(C)O1. The first-order chi connectivity index (χ1) is 9.27. The minimum Gasteiger partial charge on any atom is -0.390 e. The summed E-state index contributed by atoms with van der Waals surface area (Å²) >= 11 is 0. The average molecular weight is 283 g/mol. The summed E-state index contributed by atoms with van der Waals surface area (Å²) in [5.41, 5.74) is -0.401. The van der Waals surface area contributed by atoms with Crippen molar-refractivity contribution in [1.82, 2.24) is 19.7 Å². The molecule has 1 amide bonds. The second-order valence-electron chi connectivity index (χ2n) is 5.46. The molecule has 0 aromatic carbocycles. The molecule has 0 spiro atoms. The van der Waals surface area contributed by atoms with Gasteiger partial charge in [0.25, 0.3) is 0 Å². The van der Waals surface area contributed by atoms with Gasteiger partial charge in [-0.2, -0.15) is 4.68 Å². The zero-order valence-electron chi connectivity index (χ0n) is 11.6. The van der Waals surface area contributed by atoms with Crippen LogP contribution in [0.15, 0.2) is 6.33 Å². The summed E-state index contributed by atoms with van der Waals surface area (Å²) in [5.74, 6) is -0.665. The summed E-state index contributed by atoms with van der Waals surface area (Å²) in [7, 11) is 0. The Morgan fingerprint density at radius 2 is 2.35 bits per heavy atom. The van der Waals surface area contributed by atoms with Crippen molar-refractivity contribution in [3.8, 4) is 0 Å². The molecular formula is C11H17N5O4. The summed E-state index contributed by atoms with van der Waals surface area (Å²) in [6, 6.07) is 0. The number of morpholine rings is 1. The standard InChI is InChI=1S/C11H17N5O4/c1-8-4-14(6-11(2,3)20-8)9(17)5-15-7-12-10(13-15)16(18)19/h7-8H,4-6H2,1-3H3. The van der Waals surface area contributed by atoms with Crippen LogP contribution < -0.4 is 0 Å². The van der Waals surface area contributed by atoms with Gasteiger partial charge in [-0.15, -0.1) is 0 Å². The Morgan fingerprint density at radius 3 is 2.90 bits per heavy atom. The highest BCUT2D eigenvalue weighted by molar-refractivity contribution is 5.76. The third-order valence-corrected chi connectivity index (χ3v) is 2.91. The molecule has 0 radical (unpaired) electrons. The molecule has 1 saturated heterocycles. The average Bonchev–Trinajstić information content (AvgIpc) is 2.74. The maximum atomic E-state index is 12.2. The summed E-state index contributed by atoms with van der Waals surface area (Å²) < 4.78 is 6.90. The van der Waals surface area contributed by atoms with Crippen LogP contribution >= 0.6 is 0 Å². The fraction of sp³-hybridized carbons (Fsp3) is 0.727. The van der Waals surface area contributed by atoms with Gasteiger partial charge in [0.1, 0.15) is 6.54 Å². The Hall–Kier alpha value is -2.03. The molecule has 9 nitrogen and oxygen atoms in total. The van der Waals surface area contributed by atoms with Crippen LogP contribution in [0, 0.1) is 10.1 Å². The quantitative estimate of drug-likeness (QED) is 0.580. The van der Waals surface area contributed by atoms with E-state index in [1.807, 2.05) is 20.8 Å². The first kappa shape index (κ1) is 14.4. The van der Waals surface area contributed by atoms with Crippen molar-refractivity contribution >= 4 is 11.9 Å². The van der Waals surface area contributed by atoms with E-state index in [0.717, 1.165) is 0 Å². The van der Waals surface area contributed by atoms with E-state index in [2.05, 4.69) is 10.1 Å². The fourth-order valence-corrected chi connectivity index (χ4v) is 2.33. The molecule has 0 aliphatic carbocycles. The van der Waals surface area contributed by atoms with Gasteiger partial charge < -0.3 is 19.8 Å². The number of nitrogens with zero attached hydrogens (tertiary/aromatic N) is 5. The van der Waals surface area contributed by atoms with Gasteiger partial charge in [0.15, 0.2) is 0 Å². The second-order valence-corrected chi connectivity index (χ2v) is 5.46. The molecule has 2 heterocycles. The molecule has 1 aliphatic rings. The predicted molar refractivity (Wildman–Crippen MR) is 67.9 cm³/mol. The Kier molecular flexibility index (Phi) is 3.71. The van der Waals surface area contributed by atoms with Crippen molar-refractivity contribution in [3.05, 3.63) is 16.4 Å². The van der Waals surface area contributed by atoms with Crippen LogP contribution in [0.2, 0.25) is 0 Å². The minimum absolute atomic E-state index is 0.0483. The summed E-state index contributed by atoms with van der Waals surface area (Å²) in [6.07, 6.45) is 1.14. The van der Waals surface area contributed by atoms with Crippen molar-refractivity contribution in [2.24, 2.45) is 0 Å². The predicted octanol–water partition coefficient (Wildman–Crippen LogP) is 0.212. The van der Waals surface area contributed by atoms with E-state index in [1.54, 1.807) is 4.90 Å². The minimum atomic E-state index is -0.694. The van der Waals surface area contributed by atoms with Gasteiger partial charge in [-0.1, -0.05) is 4.98 Å². The van der Waals surface area contributed by atoms with E-state index in [9.17, 15) is 14.9 Å². The van der Waals surface area contributed by atoms with Crippen LogP contribution in [0.25, 0.3) is 0 Å². The van der Waals surface area contributed by atoms with Crippen LogP contribution in [-0.4, -0.2) is 55.3 Å². The molecule has 1 atom stereocenters. The van der Waals surface area contributed by atoms with Crippen LogP contribution in [0.4, 0.5) is 5.95 Å². The second kappa shape index (κ2) is 5.16. The van der Waals surface area contributed by atoms with Crippen molar-refractivity contribution in [2.75, 3.05) is 13.1 Å². The molecule has 1 aromatic heterocycles. The number of ether oxygens (including phenoxy) is 1. The Morgan fingerprint density at radius 1 is 1.65 bits per heavy atom. The van der Waals surface area contributed by atoms with E-state index >= 15 is 0 Å². The van der Waals surface area contributed by atoms with Crippen molar-refractivity contribution in [3.63, 3.8) is 0 Å². The maximum Gasteiger partial charge on any atom is 0.490 e. The summed E-state index contributed by atoms with van der Waals surface area (Å²) in [4.78, 5) is 27.2. The molecule has 0 saturated carbocycles. The van der Waals surface area contributed by atoms with Gasteiger partial charge in [0.05, 0.1) is 11.7 Å². The van der Waals surface area contributed by atoms with Gasteiger partial charge in [0, 0.05) is 18.2 Å².